The summed E-state index contributed by atoms with van der Waals surface area (Å²) in [5, 5.41) is 8.79. The van der Waals surface area contributed by atoms with E-state index in [2.05, 4.69) is 18.2 Å². The number of rotatable bonds is 8. The molecule has 2 aromatic rings. The number of hydrogen-bond acceptors (Lipinski definition) is 4. The van der Waals surface area contributed by atoms with E-state index in [1.807, 2.05) is 36.4 Å². The van der Waals surface area contributed by atoms with Gasteiger partial charge in [-0.2, -0.15) is 5.26 Å². The molecule has 0 N–H and O–H groups in total. The van der Waals surface area contributed by atoms with Crippen molar-refractivity contribution in [2.24, 2.45) is 0 Å². The summed E-state index contributed by atoms with van der Waals surface area (Å²) in [5.41, 5.74) is 3.19. The Morgan fingerprint density at radius 1 is 1.00 bits per heavy atom. The van der Waals surface area contributed by atoms with Crippen LogP contribution in [0.25, 0.3) is 0 Å². The zero-order valence-electron chi connectivity index (χ0n) is 12.9. The topological polar surface area (TPSA) is 54.8 Å². The van der Waals surface area contributed by atoms with Gasteiger partial charge in [0.25, 0.3) is 0 Å². The highest BCUT2D eigenvalue weighted by Gasteiger charge is 2.22. The minimum absolute atomic E-state index is 0.254. The third-order valence-electron chi connectivity index (χ3n) is 3.72. The predicted molar refractivity (Wildman–Crippen MR) is 86.2 cm³/mol. The molecule has 1 heterocycles. The van der Waals surface area contributed by atoms with Gasteiger partial charge < -0.3 is 14.2 Å². The Kier molecular flexibility index (Phi) is 5.25. The molecule has 23 heavy (non-hydrogen) atoms. The summed E-state index contributed by atoms with van der Waals surface area (Å²) in [4.78, 5) is 0. The molecule has 118 valence electrons. The van der Waals surface area contributed by atoms with Crippen molar-refractivity contribution in [2.45, 2.75) is 18.9 Å². The van der Waals surface area contributed by atoms with Gasteiger partial charge in [-0.15, -0.1) is 0 Å². The van der Waals surface area contributed by atoms with Crippen molar-refractivity contribution in [2.75, 3.05) is 20.0 Å². The van der Waals surface area contributed by atoms with Crippen LogP contribution in [0.15, 0.2) is 48.5 Å². The molecule has 0 amide bonds. The van der Waals surface area contributed by atoms with Crippen molar-refractivity contribution in [3.8, 4) is 11.8 Å². The van der Waals surface area contributed by atoms with Crippen LogP contribution in [0, 0.1) is 11.3 Å². The second kappa shape index (κ2) is 7.77. The highest BCUT2D eigenvalue weighted by Crippen LogP contribution is 2.15. The first-order chi connectivity index (χ1) is 11.3. The van der Waals surface area contributed by atoms with Gasteiger partial charge in [-0.25, -0.2) is 0 Å². The lowest BCUT2D eigenvalue weighted by molar-refractivity contribution is 0.00821. The van der Waals surface area contributed by atoms with Crippen LogP contribution in [0.2, 0.25) is 0 Å². The van der Waals surface area contributed by atoms with Crippen LogP contribution in [0.3, 0.4) is 0 Å². The van der Waals surface area contributed by atoms with Gasteiger partial charge in [0, 0.05) is 0 Å². The van der Waals surface area contributed by atoms with Gasteiger partial charge in [0.05, 0.1) is 24.8 Å². The van der Waals surface area contributed by atoms with Crippen LogP contribution in [0.1, 0.15) is 16.7 Å². The average molecular weight is 309 g/mol. The third kappa shape index (κ3) is 5.10. The Morgan fingerprint density at radius 2 is 1.61 bits per heavy atom. The van der Waals surface area contributed by atoms with Gasteiger partial charge in [-0.1, -0.05) is 24.3 Å². The highest BCUT2D eigenvalue weighted by atomic mass is 16.7. The fourth-order valence-electron chi connectivity index (χ4n) is 2.24. The average Bonchev–Trinajstić information content (AvgIpc) is 3.43. The molecule has 1 aliphatic rings. The predicted octanol–water partition coefficient (Wildman–Crippen LogP) is 3.10. The van der Waals surface area contributed by atoms with E-state index < -0.39 is 0 Å². The Labute approximate surface area is 136 Å². The Hall–Kier alpha value is -2.35. The van der Waals surface area contributed by atoms with Crippen LogP contribution >= 0.6 is 0 Å². The summed E-state index contributed by atoms with van der Waals surface area (Å²) in [6.07, 6.45) is 2.18. The molecule has 4 nitrogen and oxygen atoms in total. The van der Waals surface area contributed by atoms with E-state index in [9.17, 15) is 0 Å². The van der Waals surface area contributed by atoms with E-state index in [1.165, 1.54) is 11.1 Å². The third-order valence-corrected chi connectivity index (χ3v) is 3.72. The molecule has 0 saturated carbocycles. The molecule has 1 unspecified atom stereocenters. The Bertz CT molecular complexity index is 655. The van der Waals surface area contributed by atoms with E-state index >= 15 is 0 Å². The molecule has 0 radical (unpaired) electrons. The fraction of sp³-hybridized carbons (Fsp3) is 0.316. The SMILES string of the molecule is N#Cc1ccc(CCc2ccc(OCOCC3CO3)cc2)cc1. The normalized spacial score (nSPS) is 15.9. The number of aryl methyl sites for hydroxylation is 2. The van der Waals surface area contributed by atoms with Crippen molar-refractivity contribution in [1.82, 2.24) is 0 Å². The molecule has 0 bridgehead atoms. The first-order valence-corrected chi connectivity index (χ1v) is 7.73. The van der Waals surface area contributed by atoms with Crippen LogP contribution in [-0.2, 0) is 22.3 Å². The summed E-state index contributed by atoms with van der Waals surface area (Å²) >= 11 is 0. The van der Waals surface area contributed by atoms with Gasteiger partial charge >= 0.3 is 0 Å². The van der Waals surface area contributed by atoms with Crippen LogP contribution in [0.5, 0.6) is 5.75 Å². The van der Waals surface area contributed by atoms with Crippen LogP contribution < -0.4 is 4.74 Å². The molecule has 3 rings (SSSR count). The molecule has 1 saturated heterocycles. The van der Waals surface area contributed by atoms with Crippen molar-refractivity contribution >= 4 is 0 Å². The summed E-state index contributed by atoms with van der Waals surface area (Å²) in [6, 6.07) is 17.9. The number of benzene rings is 2. The number of epoxide rings is 1. The quantitative estimate of drug-likeness (QED) is 0.427. The Balaban J connectivity index is 1.42. The molecule has 1 fully saturated rings. The Morgan fingerprint density at radius 3 is 2.17 bits per heavy atom. The molecular formula is C19H19NO3. The van der Waals surface area contributed by atoms with Gasteiger partial charge in [0.1, 0.15) is 11.9 Å². The molecule has 4 heteroatoms. The maximum atomic E-state index is 8.79. The lowest BCUT2D eigenvalue weighted by atomic mass is 10.0. The maximum Gasteiger partial charge on any atom is 0.189 e. The molecule has 1 atom stereocenters. The second-order valence-electron chi connectivity index (χ2n) is 5.54. The molecule has 0 spiro atoms. The number of nitrogens with zero attached hydrogens (tertiary/aromatic N) is 1. The first kappa shape index (κ1) is 15.5. The molecule has 1 aliphatic heterocycles. The van der Waals surface area contributed by atoms with Crippen molar-refractivity contribution in [3.05, 3.63) is 65.2 Å². The van der Waals surface area contributed by atoms with Crippen molar-refractivity contribution < 1.29 is 14.2 Å². The minimum Gasteiger partial charge on any atom is -0.468 e. The van der Waals surface area contributed by atoms with Gasteiger partial charge in [0.15, 0.2) is 6.79 Å². The fourth-order valence-corrected chi connectivity index (χ4v) is 2.24. The lowest BCUT2D eigenvalue weighted by Gasteiger charge is -2.07. The van der Waals surface area contributed by atoms with E-state index in [-0.39, 0.29) is 12.9 Å². The van der Waals surface area contributed by atoms with Crippen molar-refractivity contribution in [3.63, 3.8) is 0 Å². The maximum absolute atomic E-state index is 8.79. The van der Waals surface area contributed by atoms with Crippen LogP contribution in [0.4, 0.5) is 0 Å². The molecular weight excluding hydrogens is 290 g/mol. The molecule has 0 aliphatic carbocycles. The smallest absolute Gasteiger partial charge is 0.189 e. The summed E-state index contributed by atoms with van der Waals surface area (Å²) in [6.45, 7) is 1.65. The van der Waals surface area contributed by atoms with Gasteiger partial charge in [-0.05, 0) is 48.2 Å². The summed E-state index contributed by atoms with van der Waals surface area (Å²) < 4.78 is 15.9. The second-order valence-corrected chi connectivity index (χ2v) is 5.54. The highest BCUT2D eigenvalue weighted by molar-refractivity contribution is 5.32. The van der Waals surface area contributed by atoms with Crippen LogP contribution in [-0.4, -0.2) is 26.1 Å². The standard InChI is InChI=1S/C19H19NO3/c20-11-17-5-3-15(4-6-17)1-2-16-7-9-18(10-8-16)23-14-21-12-19-13-22-19/h3-10,19H,1-2,12-14H2. The zero-order valence-corrected chi connectivity index (χ0v) is 12.9. The van der Waals surface area contributed by atoms with E-state index in [0.717, 1.165) is 25.2 Å². The zero-order chi connectivity index (χ0) is 15.9. The monoisotopic (exact) mass is 309 g/mol. The number of hydrogen-bond donors (Lipinski definition) is 0. The van der Waals surface area contributed by atoms with Gasteiger partial charge in [0.2, 0.25) is 0 Å². The van der Waals surface area contributed by atoms with E-state index in [4.69, 9.17) is 19.5 Å². The largest absolute Gasteiger partial charge is 0.468 e. The lowest BCUT2D eigenvalue weighted by Crippen LogP contribution is -2.07. The van der Waals surface area contributed by atoms with Crippen molar-refractivity contribution in [1.29, 1.82) is 5.26 Å². The summed E-state index contributed by atoms with van der Waals surface area (Å²) in [7, 11) is 0. The molecule has 0 aromatic heterocycles. The van der Waals surface area contributed by atoms with Gasteiger partial charge in [-0.3, -0.25) is 0 Å². The molecule has 2 aromatic carbocycles. The number of nitriles is 1. The van der Waals surface area contributed by atoms with E-state index in [1.54, 1.807) is 0 Å². The van der Waals surface area contributed by atoms with E-state index in [0.29, 0.717) is 12.2 Å². The number of ether oxygens (including phenoxy) is 3. The summed E-state index contributed by atoms with van der Waals surface area (Å²) in [5.74, 6) is 0.809. The first-order valence-electron chi connectivity index (χ1n) is 7.73. The minimum atomic E-state index is 0.254.